The summed E-state index contributed by atoms with van der Waals surface area (Å²) in [6, 6.07) is 6.73. The number of aromatic nitrogens is 1. The Balaban J connectivity index is 1.32. The van der Waals surface area contributed by atoms with E-state index in [-0.39, 0.29) is 31.1 Å². The summed E-state index contributed by atoms with van der Waals surface area (Å²) in [5, 5.41) is 20.7. The number of amides is 2. The minimum absolute atomic E-state index is 0.0281. The predicted molar refractivity (Wildman–Crippen MR) is 154 cm³/mol. The number of alkyl halides is 5. The first-order valence-electron chi connectivity index (χ1n) is 15.3. The van der Waals surface area contributed by atoms with E-state index in [1.165, 1.54) is 6.92 Å². The Morgan fingerprint density at radius 2 is 1.80 bits per heavy atom. The van der Waals surface area contributed by atoms with Crippen LogP contribution in [0.15, 0.2) is 51.6 Å². The second-order valence-corrected chi connectivity index (χ2v) is 13.2. The van der Waals surface area contributed by atoms with Gasteiger partial charge in [0.05, 0.1) is 0 Å². The lowest BCUT2D eigenvalue weighted by Gasteiger charge is -2.56. The maximum atomic E-state index is 15.2. The summed E-state index contributed by atoms with van der Waals surface area (Å²) in [5.74, 6) is -6.17. The van der Waals surface area contributed by atoms with Gasteiger partial charge in [-0.2, -0.15) is 22.0 Å². The van der Waals surface area contributed by atoms with E-state index in [2.05, 4.69) is 15.8 Å². The molecule has 2 fully saturated rings. The Kier molecular flexibility index (Phi) is 7.53. The molecule has 2 aromatic rings. The number of nitrogens with one attached hydrogen (secondary N) is 2. The van der Waals surface area contributed by atoms with Crippen LogP contribution in [0.3, 0.4) is 0 Å². The molecule has 1 heterocycles. The molecule has 1 aromatic carbocycles. The second-order valence-electron chi connectivity index (χ2n) is 13.2. The lowest BCUT2D eigenvalue weighted by Crippen LogP contribution is -2.65. The molecule has 0 radical (unpaired) electrons. The van der Waals surface area contributed by atoms with Crippen LogP contribution in [-0.4, -0.2) is 39.8 Å². The average Bonchev–Trinajstić information content (AvgIpc) is 3.45. The van der Waals surface area contributed by atoms with Crippen LogP contribution in [0.4, 0.5) is 32.4 Å². The molecule has 5 atom stereocenters. The number of fused-ring (bicyclic) bond motifs is 4. The zero-order valence-electron chi connectivity index (χ0n) is 25.3. The number of anilines is 1. The molecule has 4 aliphatic carbocycles. The summed E-state index contributed by atoms with van der Waals surface area (Å²) in [6.07, 6.45) is -3.03. The van der Waals surface area contributed by atoms with E-state index in [9.17, 15) is 27.9 Å². The van der Waals surface area contributed by atoms with E-state index in [4.69, 9.17) is 4.52 Å². The normalized spacial score (nSPS) is 29.9. The maximum absolute atomic E-state index is 15.2. The largest absolute Gasteiger partial charge is 0.456 e. The molecule has 2 saturated carbocycles. The van der Waals surface area contributed by atoms with E-state index < -0.39 is 47.4 Å². The van der Waals surface area contributed by atoms with Crippen molar-refractivity contribution in [3.63, 3.8) is 0 Å². The van der Waals surface area contributed by atoms with Crippen molar-refractivity contribution < 1.29 is 41.2 Å². The molecule has 6 rings (SSSR count). The lowest BCUT2D eigenvalue weighted by atomic mass is 9.50. The molecule has 0 saturated heterocycles. The highest BCUT2D eigenvalue weighted by molar-refractivity contribution is 5.93. The first-order valence-corrected chi connectivity index (χ1v) is 15.3. The van der Waals surface area contributed by atoms with Gasteiger partial charge in [0.15, 0.2) is 11.5 Å². The number of urea groups is 1. The molecule has 0 spiro atoms. The number of allylic oxidation sites excluding steroid dienone is 4. The zero-order chi connectivity index (χ0) is 32.5. The molecule has 0 bridgehead atoms. The van der Waals surface area contributed by atoms with Crippen LogP contribution in [0.1, 0.15) is 80.4 Å². The number of benzene rings is 1. The summed E-state index contributed by atoms with van der Waals surface area (Å²) in [6.45, 7) is 4.95. The average molecular weight is 634 g/mol. The van der Waals surface area contributed by atoms with Crippen LogP contribution in [0.25, 0.3) is 0 Å². The monoisotopic (exact) mass is 633 g/mol. The molecular weight excluding hydrogens is 597 g/mol. The molecule has 4 aliphatic rings. The predicted octanol–water partition coefficient (Wildman–Crippen LogP) is 7.44. The standard InChI is InChI=1S/C33H36F5N3O4/c1-17-28(18(2)45-41-17)40-29(43)39-16-19-4-6-20(7-5-19)25-15-30(3)26(12-13-31(30,44)32(34,35)33(36,37)38)24-10-8-21-14-22(42)9-11-23(21)27(24)25/h4-7,14,24-26,44H,8-13,15-16H2,1-3H3,(H2,39,40,43)/t24?,25-,26?,30+,31+/m1/s1. The fourth-order valence-electron chi connectivity index (χ4n) is 8.58. The van der Waals surface area contributed by atoms with Gasteiger partial charge in [-0.1, -0.05) is 41.9 Å². The summed E-state index contributed by atoms with van der Waals surface area (Å²) < 4.78 is 76.8. The molecule has 2 amide bonds. The van der Waals surface area contributed by atoms with Crippen LogP contribution in [0.2, 0.25) is 0 Å². The minimum atomic E-state index is -5.90. The van der Waals surface area contributed by atoms with E-state index in [0.717, 1.165) is 27.8 Å². The quantitative estimate of drug-likeness (QED) is 0.297. The van der Waals surface area contributed by atoms with Gasteiger partial charge < -0.3 is 20.3 Å². The van der Waals surface area contributed by atoms with Gasteiger partial charge in [0, 0.05) is 24.3 Å². The van der Waals surface area contributed by atoms with Gasteiger partial charge in [0.25, 0.3) is 0 Å². The summed E-state index contributed by atoms with van der Waals surface area (Å²) in [5.41, 5.74) is 0.458. The minimum Gasteiger partial charge on any atom is -0.383 e. The highest BCUT2D eigenvalue weighted by Crippen LogP contribution is 2.70. The highest BCUT2D eigenvalue weighted by atomic mass is 19.4. The van der Waals surface area contributed by atoms with Crippen molar-refractivity contribution in [3.8, 4) is 0 Å². The van der Waals surface area contributed by atoms with Crippen LogP contribution in [0, 0.1) is 31.1 Å². The van der Waals surface area contributed by atoms with Crippen molar-refractivity contribution in [3.05, 3.63) is 69.6 Å². The van der Waals surface area contributed by atoms with Crippen LogP contribution < -0.4 is 10.6 Å². The first kappa shape index (κ1) is 31.4. The molecule has 1 aromatic heterocycles. The highest BCUT2D eigenvalue weighted by Gasteiger charge is 2.79. The number of aryl methyl sites for hydroxylation is 2. The summed E-state index contributed by atoms with van der Waals surface area (Å²) in [7, 11) is 0. The molecule has 45 heavy (non-hydrogen) atoms. The number of ketones is 1. The number of carbonyl (C=O) groups excluding carboxylic acids is 2. The Morgan fingerprint density at radius 3 is 2.44 bits per heavy atom. The summed E-state index contributed by atoms with van der Waals surface area (Å²) in [4.78, 5) is 24.7. The van der Waals surface area contributed by atoms with Crippen LogP contribution in [0.5, 0.6) is 0 Å². The lowest BCUT2D eigenvalue weighted by molar-refractivity contribution is -0.362. The molecule has 12 heteroatoms. The molecule has 7 nitrogen and oxygen atoms in total. The van der Waals surface area contributed by atoms with E-state index in [0.29, 0.717) is 42.8 Å². The molecule has 3 N–H and O–H groups in total. The first-order chi connectivity index (χ1) is 21.1. The number of rotatable bonds is 5. The van der Waals surface area contributed by atoms with Crippen molar-refractivity contribution in [1.82, 2.24) is 10.5 Å². The van der Waals surface area contributed by atoms with Gasteiger partial charge in [-0.25, -0.2) is 4.79 Å². The van der Waals surface area contributed by atoms with Crippen LogP contribution in [-0.2, 0) is 11.3 Å². The number of hydrogen-bond acceptors (Lipinski definition) is 5. The fourth-order valence-corrected chi connectivity index (χ4v) is 8.58. The second kappa shape index (κ2) is 10.8. The van der Waals surface area contributed by atoms with Crippen molar-refractivity contribution in [2.75, 3.05) is 5.32 Å². The van der Waals surface area contributed by atoms with E-state index in [1.807, 2.05) is 12.1 Å². The zero-order valence-corrected chi connectivity index (χ0v) is 25.3. The number of halogens is 5. The number of hydrogen-bond donors (Lipinski definition) is 3. The Labute approximate surface area is 257 Å². The van der Waals surface area contributed by atoms with Crippen molar-refractivity contribution in [2.24, 2.45) is 17.3 Å². The van der Waals surface area contributed by atoms with Crippen molar-refractivity contribution in [1.29, 1.82) is 0 Å². The Hall–Kier alpha value is -3.54. The van der Waals surface area contributed by atoms with Crippen molar-refractivity contribution in [2.45, 2.75) is 95.9 Å². The number of nitrogens with zero attached hydrogens (tertiary/aromatic N) is 1. The fraction of sp³-hybridized carbons (Fsp3) is 0.545. The van der Waals surface area contributed by atoms with Gasteiger partial charge >= 0.3 is 18.1 Å². The third-order valence-electron chi connectivity index (χ3n) is 10.9. The van der Waals surface area contributed by atoms with E-state index >= 15 is 8.78 Å². The molecule has 0 aliphatic heterocycles. The summed E-state index contributed by atoms with van der Waals surface area (Å²) >= 11 is 0. The number of carbonyl (C=O) groups is 2. The van der Waals surface area contributed by atoms with E-state index in [1.54, 1.807) is 32.1 Å². The van der Waals surface area contributed by atoms with Gasteiger partial charge in [-0.05, 0) is 92.6 Å². The Morgan fingerprint density at radius 1 is 1.09 bits per heavy atom. The SMILES string of the molecule is Cc1noc(C)c1NC(=O)NCc1ccc([C@H]2C[C@@]3(C)C(CC[C@@]3(O)C(F)(F)C(F)(F)F)C3CCC4=CC(=O)CCC4=C32)cc1. The van der Waals surface area contributed by atoms with Crippen molar-refractivity contribution >= 4 is 17.5 Å². The third kappa shape index (κ3) is 4.90. The molecule has 2 unspecified atom stereocenters. The van der Waals surface area contributed by atoms with Gasteiger partial charge in [-0.15, -0.1) is 0 Å². The molecular formula is C33H36F5N3O4. The molecule has 242 valence electrons. The number of aliphatic hydroxyl groups is 1. The Bertz CT molecular complexity index is 1570. The van der Waals surface area contributed by atoms with Gasteiger partial charge in [0.1, 0.15) is 17.0 Å². The topological polar surface area (TPSA) is 104 Å². The third-order valence-corrected chi connectivity index (χ3v) is 10.9. The van der Waals surface area contributed by atoms with Gasteiger partial charge in [0.2, 0.25) is 0 Å². The smallest absolute Gasteiger partial charge is 0.383 e. The van der Waals surface area contributed by atoms with Crippen LogP contribution >= 0.6 is 0 Å². The maximum Gasteiger partial charge on any atom is 0.456 e. The van der Waals surface area contributed by atoms with Gasteiger partial charge in [-0.3, -0.25) is 4.79 Å².